The minimum Gasteiger partial charge on any atom is -0.493 e. The molecule has 0 saturated heterocycles. The quantitative estimate of drug-likeness (QED) is 0.471. The molecule has 0 aliphatic rings. The Bertz CT molecular complexity index is 1130. The maximum absolute atomic E-state index is 12.2. The number of anilines is 1. The highest BCUT2D eigenvalue weighted by molar-refractivity contribution is 7.92. The monoisotopic (exact) mass is 433 g/mol. The fourth-order valence-corrected chi connectivity index (χ4v) is 3.71. The first kappa shape index (κ1) is 21.2. The summed E-state index contributed by atoms with van der Waals surface area (Å²) in [6.45, 7) is 0.213. The number of carbonyl (C=O) groups is 1. The van der Waals surface area contributed by atoms with Crippen LogP contribution in [0.3, 0.4) is 0 Å². The molecule has 0 bridgehead atoms. The van der Waals surface area contributed by atoms with E-state index < -0.39 is 16.1 Å². The number of nitrogens with one attached hydrogen (secondary N) is 3. The zero-order valence-corrected chi connectivity index (χ0v) is 17.4. The van der Waals surface area contributed by atoms with Crippen molar-refractivity contribution < 1.29 is 22.7 Å². The van der Waals surface area contributed by atoms with Crippen LogP contribution in [0.4, 0.5) is 10.5 Å². The van der Waals surface area contributed by atoms with Gasteiger partial charge in [-0.15, -0.1) is 0 Å². The van der Waals surface area contributed by atoms with E-state index in [1.165, 1.54) is 7.11 Å². The molecule has 3 aromatic rings. The second-order valence-electron chi connectivity index (χ2n) is 6.34. The van der Waals surface area contributed by atoms with Crippen molar-refractivity contribution in [1.82, 2.24) is 20.2 Å². The van der Waals surface area contributed by atoms with Gasteiger partial charge >= 0.3 is 6.03 Å². The molecule has 1 aromatic carbocycles. The van der Waals surface area contributed by atoms with Crippen molar-refractivity contribution >= 4 is 27.3 Å². The SMILES string of the molecule is COc1ccc(CNC(=O)NCCS(=O)(=O)Nc2ccn3nccc3c2)cc1OC. The predicted molar refractivity (Wildman–Crippen MR) is 112 cm³/mol. The lowest BCUT2D eigenvalue weighted by Crippen LogP contribution is -2.38. The standard InChI is InChI=1S/C19H23N5O5S/c1-28-17-4-3-14(11-18(17)29-2)13-21-19(25)20-8-10-30(26,27)23-15-6-9-24-16(12-15)5-7-22-24/h3-7,9,11-12,23H,8,10,13H2,1-2H3,(H2,20,21,25). The van der Waals surface area contributed by atoms with Gasteiger partial charge in [0.1, 0.15) is 0 Å². The third-order valence-corrected chi connectivity index (χ3v) is 5.52. The Balaban J connectivity index is 1.45. The predicted octanol–water partition coefficient (Wildman–Crippen LogP) is 1.59. The van der Waals surface area contributed by atoms with Crippen LogP contribution in [-0.4, -0.2) is 50.6 Å². The second kappa shape index (κ2) is 9.35. The highest BCUT2D eigenvalue weighted by atomic mass is 32.2. The van der Waals surface area contributed by atoms with Gasteiger partial charge in [0.25, 0.3) is 0 Å². The van der Waals surface area contributed by atoms with Gasteiger partial charge in [0.2, 0.25) is 10.0 Å². The average Bonchev–Trinajstić information content (AvgIpc) is 3.19. The smallest absolute Gasteiger partial charge is 0.315 e. The Labute approximate surface area is 174 Å². The van der Waals surface area contributed by atoms with Gasteiger partial charge in [-0.3, -0.25) is 4.72 Å². The number of ether oxygens (including phenoxy) is 2. The van der Waals surface area contributed by atoms with Crippen LogP contribution in [0, 0.1) is 0 Å². The average molecular weight is 433 g/mol. The van der Waals surface area contributed by atoms with Crippen LogP contribution in [0.5, 0.6) is 11.5 Å². The molecule has 30 heavy (non-hydrogen) atoms. The molecule has 0 atom stereocenters. The summed E-state index contributed by atoms with van der Waals surface area (Å²) in [5.74, 6) is 0.889. The largest absolute Gasteiger partial charge is 0.493 e. The fourth-order valence-electron chi connectivity index (χ4n) is 2.75. The first-order valence-corrected chi connectivity index (χ1v) is 10.7. The van der Waals surface area contributed by atoms with Crippen LogP contribution in [-0.2, 0) is 16.6 Å². The number of hydrogen-bond donors (Lipinski definition) is 3. The van der Waals surface area contributed by atoms with Crippen molar-refractivity contribution in [2.45, 2.75) is 6.54 Å². The molecule has 0 aliphatic carbocycles. The number of sulfonamides is 1. The maximum atomic E-state index is 12.2. The molecule has 0 fully saturated rings. The van der Waals surface area contributed by atoms with Crippen molar-refractivity contribution in [2.24, 2.45) is 0 Å². The zero-order valence-electron chi connectivity index (χ0n) is 16.6. The number of nitrogens with zero attached hydrogens (tertiary/aromatic N) is 2. The van der Waals surface area contributed by atoms with Crippen LogP contribution in [0.25, 0.3) is 5.52 Å². The van der Waals surface area contributed by atoms with E-state index in [9.17, 15) is 13.2 Å². The number of methoxy groups -OCH3 is 2. The van der Waals surface area contributed by atoms with Gasteiger partial charge in [-0.2, -0.15) is 5.10 Å². The zero-order chi connectivity index (χ0) is 21.6. The molecule has 2 heterocycles. The Hall–Kier alpha value is -3.47. The number of fused-ring (bicyclic) bond motifs is 1. The lowest BCUT2D eigenvalue weighted by molar-refractivity contribution is 0.241. The Morgan fingerprint density at radius 1 is 1.07 bits per heavy atom. The molecule has 2 aromatic heterocycles. The molecule has 0 unspecified atom stereocenters. The van der Waals surface area contributed by atoms with Crippen molar-refractivity contribution in [3.8, 4) is 11.5 Å². The molecule has 10 nitrogen and oxygen atoms in total. The molecule has 11 heteroatoms. The van der Waals surface area contributed by atoms with Gasteiger partial charge in [0.15, 0.2) is 11.5 Å². The molecule has 0 spiro atoms. The van der Waals surface area contributed by atoms with Gasteiger partial charge in [0.05, 0.1) is 31.2 Å². The summed E-state index contributed by atoms with van der Waals surface area (Å²) in [5, 5.41) is 9.26. The van der Waals surface area contributed by atoms with Crippen LogP contribution >= 0.6 is 0 Å². The summed E-state index contributed by atoms with van der Waals surface area (Å²) in [5.41, 5.74) is 2.01. The number of amides is 2. The minimum atomic E-state index is -3.62. The summed E-state index contributed by atoms with van der Waals surface area (Å²) in [7, 11) is -0.543. The summed E-state index contributed by atoms with van der Waals surface area (Å²) >= 11 is 0. The van der Waals surface area contributed by atoms with Crippen LogP contribution in [0.2, 0.25) is 0 Å². The van der Waals surface area contributed by atoms with E-state index in [1.54, 1.807) is 60.4 Å². The highest BCUT2D eigenvalue weighted by Crippen LogP contribution is 2.27. The second-order valence-corrected chi connectivity index (χ2v) is 8.18. The number of hydrogen-bond acceptors (Lipinski definition) is 6. The molecule has 3 N–H and O–H groups in total. The lowest BCUT2D eigenvalue weighted by Gasteiger charge is -2.11. The van der Waals surface area contributed by atoms with E-state index in [2.05, 4.69) is 20.5 Å². The summed E-state index contributed by atoms with van der Waals surface area (Å²) in [4.78, 5) is 12.0. The minimum absolute atomic E-state index is 0.0397. The van der Waals surface area contributed by atoms with E-state index in [-0.39, 0.29) is 18.8 Å². The molecule has 160 valence electrons. The normalized spacial score (nSPS) is 11.1. The summed E-state index contributed by atoms with van der Waals surface area (Å²) in [6.07, 6.45) is 3.28. The van der Waals surface area contributed by atoms with Crippen LogP contribution < -0.4 is 24.8 Å². The van der Waals surface area contributed by atoms with Crippen LogP contribution in [0.1, 0.15) is 5.56 Å². The van der Waals surface area contributed by atoms with E-state index in [0.717, 1.165) is 11.1 Å². The Morgan fingerprint density at radius 2 is 1.87 bits per heavy atom. The fraction of sp³-hybridized carbons (Fsp3) is 0.263. The van der Waals surface area contributed by atoms with Crippen molar-refractivity contribution in [3.63, 3.8) is 0 Å². The number of benzene rings is 1. The molecular formula is C19H23N5O5S. The number of aromatic nitrogens is 2. The van der Waals surface area contributed by atoms with Crippen LogP contribution in [0.15, 0.2) is 48.8 Å². The van der Waals surface area contributed by atoms with Gasteiger partial charge in [-0.05, 0) is 35.9 Å². The molecule has 0 saturated carbocycles. The Morgan fingerprint density at radius 3 is 2.63 bits per heavy atom. The van der Waals surface area contributed by atoms with E-state index >= 15 is 0 Å². The van der Waals surface area contributed by atoms with Crippen molar-refractivity contribution in [1.29, 1.82) is 0 Å². The van der Waals surface area contributed by atoms with Gasteiger partial charge < -0.3 is 20.1 Å². The number of rotatable bonds is 9. The lowest BCUT2D eigenvalue weighted by atomic mass is 10.2. The van der Waals surface area contributed by atoms with Crippen molar-refractivity contribution in [3.05, 3.63) is 54.4 Å². The number of urea groups is 1. The van der Waals surface area contributed by atoms with E-state index in [4.69, 9.17) is 9.47 Å². The van der Waals surface area contributed by atoms with Gasteiger partial charge in [-0.25, -0.2) is 17.7 Å². The first-order chi connectivity index (χ1) is 14.4. The van der Waals surface area contributed by atoms with E-state index in [1.807, 2.05) is 0 Å². The third kappa shape index (κ3) is 5.54. The molecule has 0 aliphatic heterocycles. The molecule has 2 amide bonds. The number of pyridine rings is 1. The molecule has 0 radical (unpaired) electrons. The summed E-state index contributed by atoms with van der Waals surface area (Å²) in [6, 6.07) is 9.88. The third-order valence-electron chi connectivity index (χ3n) is 4.23. The van der Waals surface area contributed by atoms with E-state index in [0.29, 0.717) is 17.2 Å². The molecular weight excluding hydrogens is 410 g/mol. The van der Waals surface area contributed by atoms with Gasteiger partial charge in [-0.1, -0.05) is 6.07 Å². The Kier molecular flexibility index (Phi) is 6.62. The van der Waals surface area contributed by atoms with Crippen molar-refractivity contribution in [2.75, 3.05) is 31.2 Å². The first-order valence-electron chi connectivity index (χ1n) is 9.07. The molecule has 3 rings (SSSR count). The van der Waals surface area contributed by atoms with Gasteiger partial charge in [0, 0.05) is 25.5 Å². The number of carbonyl (C=O) groups excluding carboxylic acids is 1. The highest BCUT2D eigenvalue weighted by Gasteiger charge is 2.12. The maximum Gasteiger partial charge on any atom is 0.315 e. The topological polar surface area (TPSA) is 123 Å². The summed E-state index contributed by atoms with van der Waals surface area (Å²) < 4.78 is 39.0.